The molecule has 0 saturated heterocycles. The van der Waals surface area contributed by atoms with Gasteiger partial charge >= 0.3 is 5.97 Å². The first-order valence-corrected chi connectivity index (χ1v) is 8.97. The first-order valence-electron chi connectivity index (χ1n) is 8.97. The minimum atomic E-state index is -0.506. The molecule has 0 unspecified atom stereocenters. The summed E-state index contributed by atoms with van der Waals surface area (Å²) in [6.45, 7) is 1.79. The number of hydrogen-bond acceptors (Lipinski definition) is 5. The molecule has 3 rings (SSSR count). The molecule has 3 aromatic rings. The summed E-state index contributed by atoms with van der Waals surface area (Å²) < 4.78 is 6.25. The van der Waals surface area contributed by atoms with E-state index in [0.717, 1.165) is 11.1 Å². The minimum Gasteiger partial charge on any atom is -0.464 e. The van der Waals surface area contributed by atoms with Crippen molar-refractivity contribution in [1.82, 2.24) is 9.78 Å². The first-order chi connectivity index (χ1) is 13.7. The molecule has 1 aromatic heterocycles. The predicted molar refractivity (Wildman–Crippen MR) is 105 cm³/mol. The van der Waals surface area contributed by atoms with Crippen molar-refractivity contribution in [3.8, 4) is 28.5 Å². The fourth-order valence-electron chi connectivity index (χ4n) is 2.86. The molecule has 6 heteroatoms. The maximum atomic E-state index is 12.9. The SMILES string of the molecule is CCC(=O)OCCn1nc(-c2ccccc2)c(-c2ccccc2)c(C#N)c1=O. The molecular formula is C22H19N3O3. The lowest BCUT2D eigenvalue weighted by Gasteiger charge is -2.14. The van der Waals surface area contributed by atoms with E-state index in [9.17, 15) is 14.9 Å². The predicted octanol–water partition coefficient (Wildman–Crippen LogP) is 3.40. The van der Waals surface area contributed by atoms with Gasteiger partial charge in [0.05, 0.1) is 6.54 Å². The summed E-state index contributed by atoms with van der Waals surface area (Å²) in [5, 5.41) is 14.2. The van der Waals surface area contributed by atoms with Crippen LogP contribution in [0.2, 0.25) is 0 Å². The molecule has 0 radical (unpaired) electrons. The summed E-state index contributed by atoms with van der Waals surface area (Å²) in [6.07, 6.45) is 0.258. The van der Waals surface area contributed by atoms with E-state index in [1.807, 2.05) is 66.7 Å². The number of esters is 1. The number of aromatic nitrogens is 2. The van der Waals surface area contributed by atoms with Crippen molar-refractivity contribution in [2.75, 3.05) is 6.61 Å². The summed E-state index contributed by atoms with van der Waals surface area (Å²) in [7, 11) is 0. The Morgan fingerprint density at radius 1 is 1.07 bits per heavy atom. The van der Waals surface area contributed by atoms with E-state index < -0.39 is 5.56 Å². The highest BCUT2D eigenvalue weighted by Crippen LogP contribution is 2.31. The van der Waals surface area contributed by atoms with Gasteiger partial charge in [-0.05, 0) is 5.56 Å². The van der Waals surface area contributed by atoms with Gasteiger partial charge in [0, 0.05) is 17.5 Å². The van der Waals surface area contributed by atoms with Crippen molar-refractivity contribution in [2.45, 2.75) is 19.9 Å². The maximum absolute atomic E-state index is 12.9. The van der Waals surface area contributed by atoms with Gasteiger partial charge in [0.25, 0.3) is 5.56 Å². The number of benzene rings is 2. The number of hydrogen-bond donors (Lipinski definition) is 0. The summed E-state index contributed by atoms with van der Waals surface area (Å²) in [4.78, 5) is 24.2. The third-order valence-corrected chi connectivity index (χ3v) is 4.23. The highest BCUT2D eigenvalue weighted by Gasteiger charge is 2.20. The number of carbonyl (C=O) groups is 1. The molecule has 2 aromatic carbocycles. The van der Waals surface area contributed by atoms with Gasteiger partial charge in [0.15, 0.2) is 0 Å². The number of nitriles is 1. The number of rotatable bonds is 6. The highest BCUT2D eigenvalue weighted by molar-refractivity contribution is 5.84. The Labute approximate surface area is 162 Å². The van der Waals surface area contributed by atoms with Gasteiger partial charge in [-0.1, -0.05) is 67.6 Å². The maximum Gasteiger partial charge on any atom is 0.305 e. The van der Waals surface area contributed by atoms with Crippen LogP contribution in [-0.2, 0) is 16.1 Å². The fourth-order valence-corrected chi connectivity index (χ4v) is 2.86. The van der Waals surface area contributed by atoms with E-state index in [-0.39, 0.29) is 31.1 Å². The zero-order chi connectivity index (χ0) is 19.9. The van der Waals surface area contributed by atoms with Crippen LogP contribution in [0.15, 0.2) is 65.5 Å². The van der Waals surface area contributed by atoms with Crippen molar-refractivity contribution in [2.24, 2.45) is 0 Å². The lowest BCUT2D eigenvalue weighted by Crippen LogP contribution is -2.29. The largest absolute Gasteiger partial charge is 0.464 e. The van der Waals surface area contributed by atoms with Crippen molar-refractivity contribution < 1.29 is 9.53 Å². The topological polar surface area (TPSA) is 85.0 Å². The molecule has 0 amide bonds. The van der Waals surface area contributed by atoms with Crippen LogP contribution in [0.25, 0.3) is 22.4 Å². The van der Waals surface area contributed by atoms with Crippen molar-refractivity contribution >= 4 is 5.97 Å². The second-order valence-electron chi connectivity index (χ2n) is 6.04. The summed E-state index contributed by atoms with van der Waals surface area (Å²) in [5.74, 6) is -0.349. The molecule has 0 aliphatic carbocycles. The summed E-state index contributed by atoms with van der Waals surface area (Å²) >= 11 is 0. The van der Waals surface area contributed by atoms with Gasteiger partial charge in [-0.25, -0.2) is 4.68 Å². The Hall–Kier alpha value is -3.72. The van der Waals surface area contributed by atoms with Gasteiger partial charge < -0.3 is 4.74 Å². The van der Waals surface area contributed by atoms with Crippen LogP contribution < -0.4 is 5.56 Å². The molecular weight excluding hydrogens is 354 g/mol. The van der Waals surface area contributed by atoms with E-state index in [1.165, 1.54) is 4.68 Å². The third-order valence-electron chi connectivity index (χ3n) is 4.23. The molecule has 140 valence electrons. The van der Waals surface area contributed by atoms with Crippen molar-refractivity contribution in [1.29, 1.82) is 5.26 Å². The van der Waals surface area contributed by atoms with Gasteiger partial charge in [-0.15, -0.1) is 0 Å². The molecule has 0 aliphatic rings. The van der Waals surface area contributed by atoms with Gasteiger partial charge in [-0.2, -0.15) is 10.4 Å². The van der Waals surface area contributed by atoms with Gasteiger partial charge in [0.1, 0.15) is 23.9 Å². The molecule has 0 fully saturated rings. The van der Waals surface area contributed by atoms with E-state index in [2.05, 4.69) is 5.10 Å². The zero-order valence-electron chi connectivity index (χ0n) is 15.5. The Kier molecular flexibility index (Phi) is 5.97. The molecule has 0 aliphatic heterocycles. The normalized spacial score (nSPS) is 10.3. The third kappa shape index (κ3) is 3.99. The van der Waals surface area contributed by atoms with Crippen LogP contribution in [0.3, 0.4) is 0 Å². The standard InChI is InChI=1S/C22H19N3O3/c1-2-19(26)28-14-13-25-22(27)18(15-23)20(16-9-5-3-6-10-16)21(24-25)17-11-7-4-8-12-17/h3-12H,2,13-14H2,1H3. The summed E-state index contributed by atoms with van der Waals surface area (Å²) in [5.41, 5.74) is 2.07. The minimum absolute atomic E-state index is 0.0156. The van der Waals surface area contributed by atoms with E-state index >= 15 is 0 Å². The molecule has 1 heterocycles. The Bertz CT molecular complexity index is 1070. The second-order valence-corrected chi connectivity index (χ2v) is 6.04. The Balaban J connectivity index is 2.17. The number of carbonyl (C=O) groups excluding carboxylic acids is 1. The van der Waals surface area contributed by atoms with Crippen LogP contribution in [0, 0.1) is 11.3 Å². The van der Waals surface area contributed by atoms with Crippen LogP contribution in [0.4, 0.5) is 0 Å². The van der Waals surface area contributed by atoms with Crippen LogP contribution in [0.1, 0.15) is 18.9 Å². The van der Waals surface area contributed by atoms with E-state index in [1.54, 1.807) is 6.92 Å². The average Bonchev–Trinajstić information content (AvgIpc) is 2.75. The van der Waals surface area contributed by atoms with E-state index in [0.29, 0.717) is 11.3 Å². The van der Waals surface area contributed by atoms with Gasteiger partial charge in [0.2, 0.25) is 0 Å². The molecule has 0 bridgehead atoms. The van der Waals surface area contributed by atoms with Gasteiger partial charge in [-0.3, -0.25) is 9.59 Å². The van der Waals surface area contributed by atoms with E-state index in [4.69, 9.17) is 4.74 Å². The van der Waals surface area contributed by atoms with Crippen molar-refractivity contribution in [3.05, 3.63) is 76.6 Å². The molecule has 0 saturated carbocycles. The lowest BCUT2D eigenvalue weighted by molar-refractivity contribution is -0.143. The molecule has 0 N–H and O–H groups in total. The van der Waals surface area contributed by atoms with Crippen LogP contribution >= 0.6 is 0 Å². The highest BCUT2D eigenvalue weighted by atomic mass is 16.5. The quantitative estimate of drug-likeness (QED) is 0.618. The first kappa shape index (κ1) is 19.1. The Morgan fingerprint density at radius 3 is 2.25 bits per heavy atom. The molecule has 0 spiro atoms. The molecule has 28 heavy (non-hydrogen) atoms. The monoisotopic (exact) mass is 373 g/mol. The fraction of sp³-hybridized carbons (Fsp3) is 0.182. The summed E-state index contributed by atoms with van der Waals surface area (Å²) in [6, 6.07) is 20.7. The van der Waals surface area contributed by atoms with Crippen LogP contribution in [-0.4, -0.2) is 22.4 Å². The molecule has 6 nitrogen and oxygen atoms in total. The van der Waals surface area contributed by atoms with Crippen molar-refractivity contribution in [3.63, 3.8) is 0 Å². The van der Waals surface area contributed by atoms with Crippen LogP contribution in [0.5, 0.6) is 0 Å². The Morgan fingerprint density at radius 2 is 1.68 bits per heavy atom. The number of ether oxygens (including phenoxy) is 1. The lowest BCUT2D eigenvalue weighted by atomic mass is 9.96. The molecule has 0 atom stereocenters. The average molecular weight is 373 g/mol. The zero-order valence-corrected chi connectivity index (χ0v) is 15.5. The second kappa shape index (κ2) is 8.78. The number of nitrogens with zero attached hydrogens (tertiary/aromatic N) is 3. The smallest absolute Gasteiger partial charge is 0.305 e.